The molecule has 6 heteroatoms. The summed E-state index contributed by atoms with van der Waals surface area (Å²) in [5.74, 6) is 1.42. The molecule has 1 aliphatic heterocycles. The van der Waals surface area contributed by atoms with E-state index < -0.39 is 0 Å². The Morgan fingerprint density at radius 1 is 1.04 bits per heavy atom. The van der Waals surface area contributed by atoms with Crippen LogP contribution < -0.4 is 20.3 Å². The molecule has 3 rings (SSSR count). The van der Waals surface area contributed by atoms with Gasteiger partial charge in [-0.1, -0.05) is 32.1 Å². The molecule has 1 saturated carbocycles. The summed E-state index contributed by atoms with van der Waals surface area (Å²) in [6.45, 7) is 0.165. The van der Waals surface area contributed by atoms with Gasteiger partial charge in [-0.2, -0.15) is 0 Å². The third-order valence-electron chi connectivity index (χ3n) is 4.69. The summed E-state index contributed by atoms with van der Waals surface area (Å²) in [7, 11) is 0. The normalized spacial score (nSPS) is 16.7. The van der Waals surface area contributed by atoms with Crippen molar-refractivity contribution >= 4 is 11.8 Å². The molecule has 2 N–H and O–H groups in total. The maximum Gasteiger partial charge on any atom is 0.269 e. The summed E-state index contributed by atoms with van der Waals surface area (Å²) in [5.41, 5.74) is 5.34. The quantitative estimate of drug-likeness (QED) is 0.813. The Morgan fingerprint density at radius 2 is 1.83 bits per heavy atom. The van der Waals surface area contributed by atoms with E-state index in [1.165, 1.54) is 32.1 Å². The Bertz CT molecular complexity index is 597. The van der Waals surface area contributed by atoms with Crippen LogP contribution in [0.4, 0.5) is 0 Å². The van der Waals surface area contributed by atoms with Gasteiger partial charge in [-0.15, -0.1) is 0 Å². The van der Waals surface area contributed by atoms with Gasteiger partial charge in [0.25, 0.3) is 5.91 Å². The van der Waals surface area contributed by atoms with E-state index in [2.05, 4.69) is 10.9 Å². The molecule has 0 radical (unpaired) electrons. The van der Waals surface area contributed by atoms with Crippen LogP contribution in [0, 0.1) is 5.92 Å². The molecule has 6 nitrogen and oxygen atoms in total. The predicted molar refractivity (Wildman–Crippen MR) is 88.6 cm³/mol. The molecular weight excluding hydrogens is 308 g/mol. The molecule has 0 bridgehead atoms. The molecule has 1 aromatic rings. The highest BCUT2D eigenvalue weighted by atomic mass is 16.7. The molecule has 0 aromatic heterocycles. The van der Waals surface area contributed by atoms with E-state index in [9.17, 15) is 9.59 Å². The summed E-state index contributed by atoms with van der Waals surface area (Å²) < 4.78 is 10.4. The van der Waals surface area contributed by atoms with Crippen molar-refractivity contribution in [3.05, 3.63) is 23.8 Å². The number of hydrogen-bond acceptors (Lipinski definition) is 4. The molecule has 0 atom stereocenters. The second-order valence-corrected chi connectivity index (χ2v) is 6.47. The van der Waals surface area contributed by atoms with Gasteiger partial charge in [-0.25, -0.2) is 0 Å². The van der Waals surface area contributed by atoms with E-state index in [1.807, 2.05) is 0 Å². The highest BCUT2D eigenvalue weighted by molar-refractivity contribution is 5.96. The van der Waals surface area contributed by atoms with Crippen LogP contribution in [-0.4, -0.2) is 18.6 Å². The van der Waals surface area contributed by atoms with Crippen molar-refractivity contribution in [3.63, 3.8) is 0 Å². The average molecular weight is 332 g/mol. The molecule has 1 aliphatic carbocycles. The number of benzene rings is 1. The minimum Gasteiger partial charge on any atom is -0.454 e. The smallest absolute Gasteiger partial charge is 0.269 e. The lowest BCUT2D eigenvalue weighted by molar-refractivity contribution is -0.122. The minimum atomic E-state index is -0.367. The number of carbonyl (C=O) groups is 2. The first kappa shape index (κ1) is 16.6. The van der Waals surface area contributed by atoms with E-state index in [4.69, 9.17) is 9.47 Å². The fourth-order valence-corrected chi connectivity index (χ4v) is 3.33. The van der Waals surface area contributed by atoms with Gasteiger partial charge in [0.1, 0.15) is 0 Å². The molecule has 0 spiro atoms. The van der Waals surface area contributed by atoms with Crippen molar-refractivity contribution in [3.8, 4) is 11.5 Å². The maximum atomic E-state index is 12.0. The van der Waals surface area contributed by atoms with Crippen LogP contribution in [0.2, 0.25) is 0 Å². The number of ether oxygens (including phenoxy) is 2. The lowest BCUT2D eigenvalue weighted by atomic mass is 9.86. The van der Waals surface area contributed by atoms with Crippen LogP contribution in [0.25, 0.3) is 0 Å². The highest BCUT2D eigenvalue weighted by Gasteiger charge is 2.17. The number of nitrogens with one attached hydrogen (secondary N) is 2. The van der Waals surface area contributed by atoms with Crippen LogP contribution in [0.3, 0.4) is 0 Å². The Hall–Kier alpha value is -2.24. The monoisotopic (exact) mass is 332 g/mol. The summed E-state index contributed by atoms with van der Waals surface area (Å²) in [6, 6.07) is 4.92. The Kier molecular flexibility index (Phi) is 5.56. The number of rotatable bonds is 5. The first-order valence-electron chi connectivity index (χ1n) is 8.71. The topological polar surface area (TPSA) is 76.7 Å². The number of carbonyl (C=O) groups excluding carboxylic acids is 2. The van der Waals surface area contributed by atoms with Crippen molar-refractivity contribution in [1.82, 2.24) is 10.9 Å². The van der Waals surface area contributed by atoms with Crippen molar-refractivity contribution < 1.29 is 19.1 Å². The fraction of sp³-hybridized carbons (Fsp3) is 0.556. The molecule has 0 unspecified atom stereocenters. The zero-order chi connectivity index (χ0) is 16.8. The average Bonchev–Trinajstić information content (AvgIpc) is 3.08. The molecule has 24 heavy (non-hydrogen) atoms. The first-order valence-corrected chi connectivity index (χ1v) is 8.71. The van der Waals surface area contributed by atoms with Crippen LogP contribution in [0.15, 0.2) is 18.2 Å². The summed E-state index contributed by atoms with van der Waals surface area (Å²) in [5, 5.41) is 0. The van der Waals surface area contributed by atoms with Crippen molar-refractivity contribution in [2.75, 3.05) is 6.79 Å². The van der Waals surface area contributed by atoms with E-state index in [0.29, 0.717) is 23.5 Å². The minimum absolute atomic E-state index is 0.153. The van der Waals surface area contributed by atoms with E-state index in [-0.39, 0.29) is 18.6 Å². The molecule has 0 saturated heterocycles. The van der Waals surface area contributed by atoms with Crippen molar-refractivity contribution in [2.45, 2.75) is 51.4 Å². The molecule has 2 amide bonds. The van der Waals surface area contributed by atoms with Gasteiger partial charge in [0.15, 0.2) is 11.5 Å². The molecule has 2 aliphatic rings. The van der Waals surface area contributed by atoms with Gasteiger partial charge in [0.2, 0.25) is 12.7 Å². The number of amides is 2. The Labute approximate surface area is 141 Å². The summed E-state index contributed by atoms with van der Waals surface area (Å²) in [6.07, 6.45) is 9.00. The van der Waals surface area contributed by atoms with Gasteiger partial charge in [-0.05, 0) is 37.0 Å². The largest absolute Gasteiger partial charge is 0.454 e. The Morgan fingerprint density at radius 3 is 2.67 bits per heavy atom. The molecule has 130 valence electrons. The van der Waals surface area contributed by atoms with Gasteiger partial charge >= 0.3 is 0 Å². The van der Waals surface area contributed by atoms with Crippen molar-refractivity contribution in [1.29, 1.82) is 0 Å². The molecular formula is C18H24N2O4. The second-order valence-electron chi connectivity index (χ2n) is 6.47. The number of hydrogen-bond donors (Lipinski definition) is 2. The third-order valence-corrected chi connectivity index (χ3v) is 4.69. The van der Waals surface area contributed by atoms with Gasteiger partial charge in [-0.3, -0.25) is 20.4 Å². The SMILES string of the molecule is O=C(CCCC1CCCCC1)NNC(=O)c1ccc2c(c1)OCO2. The molecule has 1 heterocycles. The molecule has 1 fully saturated rings. The number of hydrazine groups is 1. The zero-order valence-electron chi connectivity index (χ0n) is 13.8. The lowest BCUT2D eigenvalue weighted by Crippen LogP contribution is -2.41. The van der Waals surface area contributed by atoms with E-state index in [0.717, 1.165) is 18.8 Å². The predicted octanol–water partition coefficient (Wildman–Crippen LogP) is 2.93. The van der Waals surface area contributed by atoms with Gasteiger partial charge in [0, 0.05) is 12.0 Å². The standard InChI is InChI=1S/C18H24N2O4/c21-17(8-4-7-13-5-2-1-3-6-13)19-20-18(22)14-9-10-15-16(11-14)24-12-23-15/h9-11,13H,1-8,12H2,(H,19,21)(H,20,22). The zero-order valence-corrected chi connectivity index (χ0v) is 13.8. The fourth-order valence-electron chi connectivity index (χ4n) is 3.33. The van der Waals surface area contributed by atoms with E-state index in [1.54, 1.807) is 18.2 Å². The van der Waals surface area contributed by atoms with Crippen LogP contribution in [0.5, 0.6) is 11.5 Å². The van der Waals surface area contributed by atoms with Gasteiger partial charge in [0.05, 0.1) is 0 Å². The van der Waals surface area contributed by atoms with Crippen LogP contribution >= 0.6 is 0 Å². The highest BCUT2D eigenvalue weighted by Crippen LogP contribution is 2.32. The van der Waals surface area contributed by atoms with Gasteiger partial charge < -0.3 is 9.47 Å². The summed E-state index contributed by atoms with van der Waals surface area (Å²) >= 11 is 0. The lowest BCUT2D eigenvalue weighted by Gasteiger charge is -2.21. The second kappa shape index (κ2) is 8.04. The Balaban J connectivity index is 1.37. The number of fused-ring (bicyclic) bond motifs is 1. The first-order chi connectivity index (χ1) is 11.7. The maximum absolute atomic E-state index is 12.0. The molecule has 1 aromatic carbocycles. The van der Waals surface area contributed by atoms with Crippen LogP contribution in [-0.2, 0) is 4.79 Å². The van der Waals surface area contributed by atoms with Crippen LogP contribution in [0.1, 0.15) is 61.7 Å². The summed E-state index contributed by atoms with van der Waals surface area (Å²) in [4.78, 5) is 23.9. The van der Waals surface area contributed by atoms with E-state index >= 15 is 0 Å². The third kappa shape index (κ3) is 4.40. The van der Waals surface area contributed by atoms with Crippen molar-refractivity contribution in [2.24, 2.45) is 5.92 Å².